The molecule has 0 aliphatic heterocycles. The van der Waals surface area contributed by atoms with Crippen molar-refractivity contribution >= 4 is 17.3 Å². The van der Waals surface area contributed by atoms with Gasteiger partial charge in [-0.15, -0.1) is 0 Å². The van der Waals surface area contributed by atoms with E-state index in [9.17, 15) is 0 Å². The Kier molecular flexibility index (Phi) is 3.99. The second-order valence-corrected chi connectivity index (χ2v) is 4.29. The van der Waals surface area contributed by atoms with E-state index < -0.39 is 0 Å². The van der Waals surface area contributed by atoms with Crippen LogP contribution in [0.5, 0.6) is 11.6 Å². The zero-order chi connectivity index (χ0) is 13.0. The first-order valence-electron chi connectivity index (χ1n) is 5.73. The number of benzene rings is 1. The van der Waals surface area contributed by atoms with Gasteiger partial charge in [-0.25, -0.2) is 9.97 Å². The molecule has 1 aromatic heterocycles. The van der Waals surface area contributed by atoms with E-state index in [1.165, 1.54) is 6.33 Å². The number of hydrogen-bond donors (Lipinski definition) is 1. The molecule has 0 unspecified atom stereocenters. The third kappa shape index (κ3) is 3.11. The van der Waals surface area contributed by atoms with E-state index in [2.05, 4.69) is 16.9 Å². The summed E-state index contributed by atoms with van der Waals surface area (Å²) in [4.78, 5) is 8.23. The molecule has 0 radical (unpaired) electrons. The fraction of sp³-hybridized carbons (Fsp3) is 0.231. The van der Waals surface area contributed by atoms with Gasteiger partial charge >= 0.3 is 0 Å². The summed E-state index contributed by atoms with van der Waals surface area (Å²) >= 11 is 5.92. The van der Waals surface area contributed by atoms with E-state index in [-0.39, 0.29) is 0 Å². The minimum atomic E-state index is 0.468. The highest BCUT2D eigenvalue weighted by Gasteiger charge is 2.03. The average Bonchev–Trinajstić information content (AvgIpc) is 2.35. The van der Waals surface area contributed by atoms with Crippen LogP contribution >= 0.6 is 11.6 Å². The fourth-order valence-corrected chi connectivity index (χ4v) is 1.69. The van der Waals surface area contributed by atoms with Gasteiger partial charge in [-0.3, -0.25) is 0 Å². The first kappa shape index (κ1) is 12.6. The number of hydrogen-bond acceptors (Lipinski definition) is 4. The Morgan fingerprint density at radius 1 is 1.28 bits per heavy atom. The summed E-state index contributed by atoms with van der Waals surface area (Å²) in [6.45, 7) is 2.10. The highest BCUT2D eigenvalue weighted by molar-refractivity contribution is 6.33. The van der Waals surface area contributed by atoms with E-state index in [1.54, 1.807) is 18.2 Å². The van der Waals surface area contributed by atoms with Crippen LogP contribution in [0.15, 0.2) is 30.6 Å². The molecule has 1 heterocycles. The minimum absolute atomic E-state index is 0.468. The van der Waals surface area contributed by atoms with Crippen molar-refractivity contribution in [3.05, 3.63) is 41.3 Å². The topological polar surface area (TPSA) is 61.0 Å². The molecule has 0 bridgehead atoms. The number of aryl methyl sites for hydroxylation is 1. The van der Waals surface area contributed by atoms with Crippen molar-refractivity contribution in [1.82, 2.24) is 9.97 Å². The van der Waals surface area contributed by atoms with Gasteiger partial charge < -0.3 is 10.5 Å². The van der Waals surface area contributed by atoms with Gasteiger partial charge in [0, 0.05) is 17.8 Å². The predicted octanol–water partition coefficient (Wildman–Crippen LogP) is 3.46. The van der Waals surface area contributed by atoms with Crippen LogP contribution in [0, 0.1) is 0 Å². The number of nitrogen functional groups attached to an aromatic ring is 1. The monoisotopic (exact) mass is 263 g/mol. The number of anilines is 1. The summed E-state index contributed by atoms with van der Waals surface area (Å²) in [6.07, 6.45) is 3.44. The molecule has 0 atom stereocenters. The summed E-state index contributed by atoms with van der Waals surface area (Å²) in [5.41, 5.74) is 7.12. The fourth-order valence-electron chi connectivity index (χ4n) is 1.52. The maximum atomic E-state index is 5.92. The van der Waals surface area contributed by atoms with E-state index in [1.807, 2.05) is 6.07 Å². The van der Waals surface area contributed by atoms with Gasteiger partial charge in [0.05, 0.1) is 10.7 Å². The van der Waals surface area contributed by atoms with Crippen LogP contribution in [0.2, 0.25) is 5.02 Å². The number of rotatable bonds is 4. The molecule has 0 fully saturated rings. The lowest BCUT2D eigenvalue weighted by molar-refractivity contribution is 0.460. The standard InChI is InChI=1S/C13H14ClN3O/c1-2-3-9-6-13(17-8-16-9)18-10-4-5-12(15)11(14)7-10/h4-8H,2-3,15H2,1H3. The number of ether oxygens (including phenoxy) is 1. The molecule has 5 heteroatoms. The number of halogens is 1. The Bertz CT molecular complexity index is 546. The van der Waals surface area contributed by atoms with Crippen molar-refractivity contribution in [1.29, 1.82) is 0 Å². The second-order valence-electron chi connectivity index (χ2n) is 3.88. The SMILES string of the molecule is CCCc1cc(Oc2ccc(N)c(Cl)c2)ncn1. The van der Waals surface area contributed by atoms with Gasteiger partial charge in [0.1, 0.15) is 12.1 Å². The Morgan fingerprint density at radius 3 is 2.83 bits per heavy atom. The van der Waals surface area contributed by atoms with Crippen molar-refractivity contribution in [2.45, 2.75) is 19.8 Å². The molecule has 94 valence electrons. The van der Waals surface area contributed by atoms with Gasteiger partial charge in [0.2, 0.25) is 5.88 Å². The van der Waals surface area contributed by atoms with Crippen molar-refractivity contribution in [2.24, 2.45) is 0 Å². The van der Waals surface area contributed by atoms with Crippen molar-refractivity contribution in [3.63, 3.8) is 0 Å². The Labute approximate surface area is 111 Å². The molecule has 2 aromatic rings. The number of nitrogens with two attached hydrogens (primary N) is 1. The average molecular weight is 264 g/mol. The maximum absolute atomic E-state index is 5.92. The van der Waals surface area contributed by atoms with Crippen LogP contribution in [0.1, 0.15) is 19.0 Å². The number of nitrogens with zero attached hydrogens (tertiary/aromatic N) is 2. The highest BCUT2D eigenvalue weighted by atomic mass is 35.5. The predicted molar refractivity (Wildman–Crippen MR) is 72.0 cm³/mol. The summed E-state index contributed by atoms with van der Waals surface area (Å²) in [7, 11) is 0. The van der Waals surface area contributed by atoms with Gasteiger partial charge in [-0.1, -0.05) is 24.9 Å². The van der Waals surface area contributed by atoms with Crippen molar-refractivity contribution < 1.29 is 4.74 Å². The molecule has 0 amide bonds. The summed E-state index contributed by atoms with van der Waals surface area (Å²) in [6, 6.07) is 6.95. The molecule has 4 nitrogen and oxygen atoms in total. The Morgan fingerprint density at radius 2 is 2.11 bits per heavy atom. The third-order valence-corrected chi connectivity index (χ3v) is 2.73. The van der Waals surface area contributed by atoms with Crippen LogP contribution in [0.4, 0.5) is 5.69 Å². The molecule has 1 aromatic carbocycles. The summed E-state index contributed by atoms with van der Waals surface area (Å²) < 4.78 is 5.61. The second kappa shape index (κ2) is 5.69. The minimum Gasteiger partial charge on any atom is -0.439 e. The highest BCUT2D eigenvalue weighted by Crippen LogP contribution is 2.27. The first-order valence-corrected chi connectivity index (χ1v) is 6.10. The molecule has 2 rings (SSSR count). The lowest BCUT2D eigenvalue weighted by Gasteiger charge is -2.07. The molecule has 18 heavy (non-hydrogen) atoms. The molecule has 2 N–H and O–H groups in total. The molecule has 0 aliphatic carbocycles. The smallest absolute Gasteiger partial charge is 0.222 e. The largest absolute Gasteiger partial charge is 0.439 e. The van der Waals surface area contributed by atoms with Crippen LogP contribution in [-0.2, 0) is 6.42 Å². The summed E-state index contributed by atoms with van der Waals surface area (Å²) in [5, 5.41) is 0.468. The molecular weight excluding hydrogens is 250 g/mol. The number of aromatic nitrogens is 2. The zero-order valence-corrected chi connectivity index (χ0v) is 10.8. The van der Waals surface area contributed by atoms with Gasteiger partial charge in [0.15, 0.2) is 0 Å². The van der Waals surface area contributed by atoms with Gasteiger partial charge in [0.25, 0.3) is 0 Å². The third-order valence-electron chi connectivity index (χ3n) is 2.40. The van der Waals surface area contributed by atoms with Crippen LogP contribution in [-0.4, -0.2) is 9.97 Å². The van der Waals surface area contributed by atoms with Crippen molar-refractivity contribution in [3.8, 4) is 11.6 Å². The first-order chi connectivity index (χ1) is 8.69. The van der Waals surface area contributed by atoms with Crippen LogP contribution in [0.25, 0.3) is 0 Å². The maximum Gasteiger partial charge on any atom is 0.222 e. The Hall–Kier alpha value is -1.81. The zero-order valence-electron chi connectivity index (χ0n) is 10.1. The molecule has 0 saturated carbocycles. The molecule has 0 aliphatic rings. The van der Waals surface area contributed by atoms with E-state index in [0.29, 0.717) is 22.3 Å². The normalized spacial score (nSPS) is 10.3. The quantitative estimate of drug-likeness (QED) is 0.858. The molecular formula is C13H14ClN3O. The summed E-state index contributed by atoms with van der Waals surface area (Å²) in [5.74, 6) is 1.12. The lowest BCUT2D eigenvalue weighted by Crippen LogP contribution is -1.94. The van der Waals surface area contributed by atoms with E-state index in [4.69, 9.17) is 22.1 Å². The lowest BCUT2D eigenvalue weighted by atomic mass is 10.2. The van der Waals surface area contributed by atoms with Gasteiger partial charge in [-0.05, 0) is 18.6 Å². The van der Waals surface area contributed by atoms with E-state index in [0.717, 1.165) is 18.5 Å². The van der Waals surface area contributed by atoms with Gasteiger partial charge in [-0.2, -0.15) is 0 Å². The van der Waals surface area contributed by atoms with E-state index >= 15 is 0 Å². The molecule has 0 spiro atoms. The molecule has 0 saturated heterocycles. The van der Waals surface area contributed by atoms with Crippen LogP contribution in [0.3, 0.4) is 0 Å². The van der Waals surface area contributed by atoms with Crippen LogP contribution < -0.4 is 10.5 Å². The van der Waals surface area contributed by atoms with Crippen molar-refractivity contribution in [2.75, 3.05) is 5.73 Å². The Balaban J connectivity index is 2.17.